The van der Waals surface area contributed by atoms with E-state index in [1.54, 1.807) is 24.3 Å². The lowest BCUT2D eigenvalue weighted by atomic mass is 9.84. The number of carboxylic acids is 1. The fraction of sp³-hybridized carbons (Fsp3) is 0.400. The highest BCUT2D eigenvalue weighted by Gasteiger charge is 2.30. The van der Waals surface area contributed by atoms with E-state index in [-0.39, 0.29) is 30.9 Å². The molecule has 30 heavy (non-hydrogen) atoms. The Labute approximate surface area is 179 Å². The van der Waals surface area contributed by atoms with Crippen LogP contribution in [0.1, 0.15) is 30.1 Å². The number of aliphatic carboxylic acids is 1. The van der Waals surface area contributed by atoms with Crippen molar-refractivity contribution >= 4 is 42.3 Å². The number of fused-ring (bicyclic) bond motifs is 1. The first-order valence-corrected chi connectivity index (χ1v) is 10.0. The second kappa shape index (κ2) is 10.9. The maximum absolute atomic E-state index is 12.5. The first-order valence-electron chi connectivity index (χ1n) is 9.38. The van der Waals surface area contributed by atoms with E-state index in [4.69, 9.17) is 10.8 Å². The summed E-state index contributed by atoms with van der Waals surface area (Å²) >= 11 is 4.03. The molecule has 0 aromatic heterocycles. The highest BCUT2D eigenvalue weighted by molar-refractivity contribution is 7.80. The summed E-state index contributed by atoms with van der Waals surface area (Å²) in [5, 5.41) is 24.1. The summed E-state index contributed by atoms with van der Waals surface area (Å²) < 4.78 is 0. The number of benzene rings is 1. The number of nitrogens with one attached hydrogen (secondary N) is 2. The monoisotopic (exact) mass is 435 g/mol. The highest BCUT2D eigenvalue weighted by atomic mass is 32.1. The van der Waals surface area contributed by atoms with Gasteiger partial charge in [0.2, 0.25) is 11.8 Å². The van der Waals surface area contributed by atoms with Crippen molar-refractivity contribution in [2.75, 3.05) is 12.3 Å². The van der Waals surface area contributed by atoms with E-state index in [1.807, 2.05) is 12.1 Å². The van der Waals surface area contributed by atoms with Crippen molar-refractivity contribution in [2.45, 2.75) is 31.0 Å². The fourth-order valence-corrected chi connectivity index (χ4v) is 3.26. The number of Topliss-reactive ketones (excluding diaryl/α,β-unsaturated/α-hetero) is 1. The summed E-state index contributed by atoms with van der Waals surface area (Å²) in [5.41, 5.74) is 6.82. The zero-order valence-corrected chi connectivity index (χ0v) is 17.0. The van der Waals surface area contributed by atoms with Crippen molar-refractivity contribution in [3.63, 3.8) is 0 Å². The summed E-state index contributed by atoms with van der Waals surface area (Å²) in [6.07, 6.45) is 2.11. The predicted molar refractivity (Wildman–Crippen MR) is 113 cm³/mol. The lowest BCUT2D eigenvalue weighted by molar-refractivity contribution is -0.138. The Balaban J connectivity index is 1.85. The second-order valence-electron chi connectivity index (χ2n) is 6.93. The molecular formula is C20H25N3O6S. The number of carbonyl (C=O) groups excluding carboxylic acids is 3. The van der Waals surface area contributed by atoms with Gasteiger partial charge in [-0.1, -0.05) is 36.4 Å². The molecule has 0 fully saturated rings. The molecule has 2 amide bonds. The van der Waals surface area contributed by atoms with Gasteiger partial charge in [0.05, 0.1) is 18.6 Å². The Morgan fingerprint density at radius 3 is 2.57 bits per heavy atom. The lowest BCUT2D eigenvalue weighted by Crippen LogP contribution is -2.49. The minimum absolute atomic E-state index is 0.0178. The van der Waals surface area contributed by atoms with E-state index >= 15 is 0 Å². The van der Waals surface area contributed by atoms with Crippen molar-refractivity contribution in [2.24, 2.45) is 11.7 Å². The van der Waals surface area contributed by atoms with E-state index in [9.17, 15) is 24.3 Å². The molecule has 0 saturated carbocycles. The lowest BCUT2D eigenvalue weighted by Gasteiger charge is -2.25. The first-order chi connectivity index (χ1) is 14.2. The molecule has 1 aliphatic carbocycles. The van der Waals surface area contributed by atoms with Gasteiger partial charge in [0, 0.05) is 12.2 Å². The largest absolute Gasteiger partial charge is 0.480 e. The molecule has 6 N–H and O–H groups in total. The summed E-state index contributed by atoms with van der Waals surface area (Å²) in [5.74, 6) is -3.56. The molecule has 0 spiro atoms. The standard InChI is InChI=1S/C20H25N3O6S/c21-14(20(28)29)7-8-17(25)23-15(10-30)19(27)22-9-16(24)13-6-5-11-3-1-2-4-12(11)18(13)26/h1-6,13-15,18,26,30H,7-10,21H2,(H,22,27)(H,23,25)(H,28,29)/t13-,14+,15+,18-/m1/s1. The molecule has 0 radical (unpaired) electrons. The van der Waals surface area contributed by atoms with E-state index in [0.717, 1.165) is 5.56 Å². The van der Waals surface area contributed by atoms with E-state index < -0.39 is 41.9 Å². The number of ketones is 1. The Morgan fingerprint density at radius 2 is 1.90 bits per heavy atom. The van der Waals surface area contributed by atoms with Crippen LogP contribution in [-0.4, -0.2) is 58.2 Å². The third-order valence-corrected chi connectivity index (χ3v) is 5.15. The van der Waals surface area contributed by atoms with Crippen LogP contribution in [-0.2, 0) is 19.2 Å². The minimum atomic E-state index is -1.22. The van der Waals surface area contributed by atoms with Crippen LogP contribution in [0.3, 0.4) is 0 Å². The van der Waals surface area contributed by atoms with Gasteiger partial charge in [-0.25, -0.2) is 0 Å². The summed E-state index contributed by atoms with van der Waals surface area (Å²) in [6.45, 7) is -0.322. The van der Waals surface area contributed by atoms with Crippen LogP contribution in [0.4, 0.5) is 0 Å². The van der Waals surface area contributed by atoms with Crippen molar-refractivity contribution in [3.05, 3.63) is 41.5 Å². The van der Waals surface area contributed by atoms with E-state index in [2.05, 4.69) is 23.3 Å². The molecule has 2 rings (SSSR count). The molecule has 4 atom stereocenters. The topological polar surface area (TPSA) is 159 Å². The number of carbonyl (C=O) groups is 4. The Morgan fingerprint density at radius 1 is 1.20 bits per heavy atom. The van der Waals surface area contributed by atoms with Gasteiger partial charge in [-0.3, -0.25) is 19.2 Å². The first kappa shape index (κ1) is 23.6. The zero-order chi connectivity index (χ0) is 22.3. The van der Waals surface area contributed by atoms with Crippen LogP contribution >= 0.6 is 12.6 Å². The highest BCUT2D eigenvalue weighted by Crippen LogP contribution is 2.32. The fourth-order valence-electron chi connectivity index (χ4n) is 3.01. The number of amides is 2. The van der Waals surface area contributed by atoms with Gasteiger partial charge in [0.15, 0.2) is 5.78 Å². The molecule has 1 aromatic carbocycles. The van der Waals surface area contributed by atoms with Gasteiger partial charge in [0.1, 0.15) is 12.1 Å². The summed E-state index contributed by atoms with van der Waals surface area (Å²) in [7, 11) is 0. The SMILES string of the molecule is N[C@@H](CCC(=O)N[C@@H](CS)C(=O)NCC(=O)[C@H]1C=Cc2ccccc2[C@H]1O)C(=O)O. The van der Waals surface area contributed by atoms with Crippen LogP contribution in [0, 0.1) is 5.92 Å². The number of aliphatic hydroxyl groups is 1. The maximum atomic E-state index is 12.5. The Hall–Kier alpha value is -2.69. The second-order valence-corrected chi connectivity index (χ2v) is 7.29. The van der Waals surface area contributed by atoms with Crippen LogP contribution in [0.2, 0.25) is 0 Å². The Kier molecular flexibility index (Phi) is 8.58. The quantitative estimate of drug-likeness (QED) is 0.274. The van der Waals surface area contributed by atoms with Crippen LogP contribution in [0.15, 0.2) is 30.3 Å². The van der Waals surface area contributed by atoms with Gasteiger partial charge in [-0.15, -0.1) is 0 Å². The molecule has 0 heterocycles. The van der Waals surface area contributed by atoms with Gasteiger partial charge >= 0.3 is 5.97 Å². The van der Waals surface area contributed by atoms with Gasteiger partial charge in [-0.2, -0.15) is 12.6 Å². The average molecular weight is 436 g/mol. The number of aliphatic hydroxyl groups excluding tert-OH is 1. The molecule has 0 aliphatic heterocycles. The molecular weight excluding hydrogens is 410 g/mol. The average Bonchev–Trinajstić information content (AvgIpc) is 2.74. The van der Waals surface area contributed by atoms with Gasteiger partial charge in [-0.05, 0) is 17.5 Å². The third-order valence-electron chi connectivity index (χ3n) is 4.78. The van der Waals surface area contributed by atoms with Crippen LogP contribution in [0.5, 0.6) is 0 Å². The molecule has 1 aliphatic rings. The zero-order valence-electron chi connectivity index (χ0n) is 16.2. The number of hydrogen-bond acceptors (Lipinski definition) is 7. The Bertz CT molecular complexity index is 844. The number of nitrogens with two attached hydrogens (primary N) is 1. The third kappa shape index (κ3) is 6.15. The van der Waals surface area contributed by atoms with Crippen molar-refractivity contribution < 1.29 is 29.4 Å². The molecule has 162 valence electrons. The summed E-state index contributed by atoms with van der Waals surface area (Å²) in [6, 6.07) is 5.01. The van der Waals surface area contributed by atoms with Crippen molar-refractivity contribution in [1.29, 1.82) is 0 Å². The van der Waals surface area contributed by atoms with E-state index in [1.165, 1.54) is 0 Å². The van der Waals surface area contributed by atoms with Crippen LogP contribution < -0.4 is 16.4 Å². The van der Waals surface area contributed by atoms with Crippen LogP contribution in [0.25, 0.3) is 6.08 Å². The number of carboxylic acid groups (broad SMARTS) is 1. The molecule has 0 unspecified atom stereocenters. The number of thiol groups is 1. The summed E-state index contributed by atoms with van der Waals surface area (Å²) in [4.78, 5) is 47.4. The normalized spacial score (nSPS) is 19.3. The molecule has 10 heteroatoms. The molecule has 1 aromatic rings. The van der Waals surface area contributed by atoms with Gasteiger partial charge in [0.25, 0.3) is 0 Å². The molecule has 0 saturated heterocycles. The molecule has 9 nitrogen and oxygen atoms in total. The maximum Gasteiger partial charge on any atom is 0.320 e. The van der Waals surface area contributed by atoms with Crippen molar-refractivity contribution in [3.8, 4) is 0 Å². The van der Waals surface area contributed by atoms with E-state index in [0.29, 0.717) is 5.56 Å². The van der Waals surface area contributed by atoms with Crippen molar-refractivity contribution in [1.82, 2.24) is 10.6 Å². The number of rotatable bonds is 10. The minimum Gasteiger partial charge on any atom is -0.480 e. The predicted octanol–water partition coefficient (Wildman–Crippen LogP) is -0.345. The smallest absolute Gasteiger partial charge is 0.320 e. The molecule has 0 bridgehead atoms. The van der Waals surface area contributed by atoms with Gasteiger partial charge < -0.3 is 26.6 Å². The number of hydrogen-bond donors (Lipinski definition) is 6.